The van der Waals surface area contributed by atoms with Crippen molar-refractivity contribution in [2.45, 2.75) is 33.5 Å². The summed E-state index contributed by atoms with van der Waals surface area (Å²) < 4.78 is 5.70. The molecule has 96 valence electrons. The van der Waals surface area contributed by atoms with Crippen molar-refractivity contribution in [1.29, 1.82) is 0 Å². The van der Waals surface area contributed by atoms with Crippen LogP contribution in [0.5, 0.6) is 5.75 Å². The van der Waals surface area contributed by atoms with Crippen LogP contribution in [0, 0.1) is 6.92 Å². The van der Waals surface area contributed by atoms with Gasteiger partial charge in [0, 0.05) is 11.3 Å². The zero-order chi connectivity index (χ0) is 13.0. The van der Waals surface area contributed by atoms with E-state index in [1.54, 1.807) is 0 Å². The lowest BCUT2D eigenvalue weighted by atomic mass is 10.2. The molecule has 0 fully saturated rings. The van der Waals surface area contributed by atoms with Gasteiger partial charge in [-0.05, 0) is 31.0 Å². The molecule has 4 nitrogen and oxygen atoms in total. The van der Waals surface area contributed by atoms with E-state index in [-0.39, 0.29) is 6.61 Å². The van der Waals surface area contributed by atoms with Gasteiger partial charge in [-0.2, -0.15) is 5.10 Å². The van der Waals surface area contributed by atoms with Crippen LogP contribution in [-0.2, 0) is 19.6 Å². The van der Waals surface area contributed by atoms with Crippen LogP contribution in [0.15, 0.2) is 24.3 Å². The zero-order valence-electron chi connectivity index (χ0n) is 10.7. The number of hydrogen-bond acceptors (Lipinski definition) is 3. The summed E-state index contributed by atoms with van der Waals surface area (Å²) in [6, 6.07) is 8.01. The summed E-state index contributed by atoms with van der Waals surface area (Å²) in [7, 11) is 0. The lowest BCUT2D eigenvalue weighted by Crippen LogP contribution is -2.00. The molecule has 18 heavy (non-hydrogen) atoms. The van der Waals surface area contributed by atoms with Gasteiger partial charge in [0.15, 0.2) is 0 Å². The van der Waals surface area contributed by atoms with Crippen LogP contribution in [-0.4, -0.2) is 15.3 Å². The summed E-state index contributed by atoms with van der Waals surface area (Å²) in [5, 5.41) is 16.2. The first-order valence-electron chi connectivity index (χ1n) is 6.10. The zero-order valence-corrected chi connectivity index (χ0v) is 10.7. The molecule has 0 amide bonds. The molecule has 0 unspecified atom stereocenters. The van der Waals surface area contributed by atoms with Gasteiger partial charge in [0.1, 0.15) is 18.1 Å². The first-order valence-corrected chi connectivity index (χ1v) is 6.10. The number of H-pyrrole nitrogens is 1. The van der Waals surface area contributed by atoms with Gasteiger partial charge in [0.05, 0.1) is 6.61 Å². The number of ether oxygens (including phenoxy) is 1. The topological polar surface area (TPSA) is 58.1 Å². The molecule has 0 atom stereocenters. The molecule has 0 radical (unpaired) electrons. The van der Waals surface area contributed by atoms with E-state index >= 15 is 0 Å². The summed E-state index contributed by atoms with van der Waals surface area (Å²) in [5.74, 6) is 0.832. The fourth-order valence-corrected chi connectivity index (χ4v) is 1.84. The summed E-state index contributed by atoms with van der Waals surface area (Å²) in [6.45, 7) is 4.35. The Labute approximate surface area is 107 Å². The van der Waals surface area contributed by atoms with Crippen molar-refractivity contribution >= 4 is 0 Å². The normalized spacial score (nSPS) is 10.6. The van der Waals surface area contributed by atoms with Crippen molar-refractivity contribution in [2.75, 3.05) is 0 Å². The Balaban J connectivity index is 2.06. The van der Waals surface area contributed by atoms with E-state index in [1.807, 2.05) is 25.1 Å². The van der Waals surface area contributed by atoms with Gasteiger partial charge in [-0.3, -0.25) is 5.10 Å². The Hall–Kier alpha value is -1.81. The van der Waals surface area contributed by atoms with E-state index in [1.165, 1.54) is 5.56 Å². The maximum atomic E-state index is 9.25. The summed E-state index contributed by atoms with van der Waals surface area (Å²) in [5.41, 5.74) is 3.71. The van der Waals surface area contributed by atoms with E-state index in [9.17, 15) is 5.11 Å². The van der Waals surface area contributed by atoms with E-state index in [2.05, 4.69) is 23.2 Å². The molecule has 2 aromatic rings. The van der Waals surface area contributed by atoms with Gasteiger partial charge >= 0.3 is 0 Å². The highest BCUT2D eigenvalue weighted by atomic mass is 16.5. The second kappa shape index (κ2) is 5.69. The highest BCUT2D eigenvalue weighted by Gasteiger charge is 2.09. The standard InChI is InChI=1S/C14H18N2O2/c1-3-11-5-4-6-12(7-11)18-9-14-13(8-17)10(2)15-16-14/h4-7,17H,3,8-9H2,1-2H3,(H,15,16). The van der Waals surface area contributed by atoms with Gasteiger partial charge in [-0.25, -0.2) is 0 Å². The Morgan fingerprint density at radius 2 is 2.22 bits per heavy atom. The number of aromatic amines is 1. The third kappa shape index (κ3) is 2.71. The van der Waals surface area contributed by atoms with E-state index < -0.39 is 0 Å². The number of aromatic nitrogens is 2. The van der Waals surface area contributed by atoms with E-state index in [4.69, 9.17) is 4.74 Å². The highest BCUT2D eigenvalue weighted by molar-refractivity contribution is 5.29. The van der Waals surface area contributed by atoms with Crippen LogP contribution in [0.3, 0.4) is 0 Å². The summed E-state index contributed by atoms with van der Waals surface area (Å²) >= 11 is 0. The van der Waals surface area contributed by atoms with Gasteiger partial charge in [-0.15, -0.1) is 0 Å². The lowest BCUT2D eigenvalue weighted by Gasteiger charge is -2.07. The fraction of sp³-hybridized carbons (Fsp3) is 0.357. The number of rotatable bonds is 5. The van der Waals surface area contributed by atoms with Crippen LogP contribution < -0.4 is 4.74 Å². The number of nitrogens with zero attached hydrogens (tertiary/aromatic N) is 1. The first kappa shape index (κ1) is 12.6. The quantitative estimate of drug-likeness (QED) is 0.851. The molecule has 0 aliphatic rings. The maximum absolute atomic E-state index is 9.25. The predicted molar refractivity (Wildman–Crippen MR) is 69.4 cm³/mol. The number of aliphatic hydroxyl groups is 1. The number of hydrogen-bond donors (Lipinski definition) is 2. The van der Waals surface area contributed by atoms with Crippen molar-refractivity contribution in [3.05, 3.63) is 46.8 Å². The molecule has 0 aliphatic heterocycles. The molecule has 2 N–H and O–H groups in total. The molecule has 0 spiro atoms. The monoisotopic (exact) mass is 246 g/mol. The third-order valence-electron chi connectivity index (χ3n) is 3.00. The molecule has 0 bridgehead atoms. The maximum Gasteiger partial charge on any atom is 0.132 e. The van der Waals surface area contributed by atoms with Gasteiger partial charge in [0.25, 0.3) is 0 Å². The molecule has 1 aromatic heterocycles. The SMILES string of the molecule is CCc1cccc(OCc2n[nH]c(C)c2CO)c1. The molecule has 1 aromatic carbocycles. The summed E-state index contributed by atoms with van der Waals surface area (Å²) in [6.07, 6.45) is 0.987. The van der Waals surface area contributed by atoms with Crippen LogP contribution in [0.4, 0.5) is 0 Å². The Kier molecular flexibility index (Phi) is 3.99. The van der Waals surface area contributed by atoms with Crippen LogP contribution in [0.2, 0.25) is 0 Å². The number of nitrogens with one attached hydrogen (secondary N) is 1. The summed E-state index contributed by atoms with van der Waals surface area (Å²) in [4.78, 5) is 0. The minimum Gasteiger partial charge on any atom is -0.487 e. The van der Waals surface area contributed by atoms with Gasteiger partial charge < -0.3 is 9.84 Å². The minimum atomic E-state index is -0.0178. The number of aliphatic hydroxyl groups excluding tert-OH is 1. The molecule has 4 heteroatoms. The molecule has 0 saturated heterocycles. The molecule has 2 rings (SSSR count). The largest absolute Gasteiger partial charge is 0.487 e. The molecule has 0 saturated carbocycles. The van der Waals surface area contributed by atoms with Crippen LogP contribution in [0.25, 0.3) is 0 Å². The van der Waals surface area contributed by atoms with Crippen molar-refractivity contribution in [3.8, 4) is 5.75 Å². The first-order chi connectivity index (χ1) is 8.74. The third-order valence-corrected chi connectivity index (χ3v) is 3.00. The van der Waals surface area contributed by atoms with Crippen molar-refractivity contribution in [2.24, 2.45) is 0 Å². The van der Waals surface area contributed by atoms with Crippen molar-refractivity contribution < 1.29 is 9.84 Å². The molecular weight excluding hydrogens is 228 g/mol. The second-order valence-electron chi connectivity index (χ2n) is 4.22. The molecular formula is C14H18N2O2. The highest BCUT2D eigenvalue weighted by Crippen LogP contribution is 2.17. The number of benzene rings is 1. The average molecular weight is 246 g/mol. The smallest absolute Gasteiger partial charge is 0.132 e. The minimum absolute atomic E-state index is 0.0178. The van der Waals surface area contributed by atoms with E-state index in [0.29, 0.717) is 6.61 Å². The van der Waals surface area contributed by atoms with Gasteiger partial charge in [0.2, 0.25) is 0 Å². The van der Waals surface area contributed by atoms with Crippen molar-refractivity contribution in [1.82, 2.24) is 10.2 Å². The molecule has 1 heterocycles. The van der Waals surface area contributed by atoms with Crippen LogP contribution >= 0.6 is 0 Å². The Morgan fingerprint density at radius 3 is 2.94 bits per heavy atom. The van der Waals surface area contributed by atoms with E-state index in [0.717, 1.165) is 29.1 Å². The second-order valence-corrected chi connectivity index (χ2v) is 4.22. The van der Waals surface area contributed by atoms with Crippen LogP contribution in [0.1, 0.15) is 29.4 Å². The van der Waals surface area contributed by atoms with Crippen molar-refractivity contribution in [3.63, 3.8) is 0 Å². The fourth-order valence-electron chi connectivity index (χ4n) is 1.84. The lowest BCUT2D eigenvalue weighted by molar-refractivity contribution is 0.267. The average Bonchev–Trinajstić information content (AvgIpc) is 2.77. The Morgan fingerprint density at radius 1 is 1.39 bits per heavy atom. The van der Waals surface area contributed by atoms with Gasteiger partial charge in [-0.1, -0.05) is 19.1 Å². The Bertz CT molecular complexity index is 520. The molecule has 0 aliphatic carbocycles. The number of aryl methyl sites for hydroxylation is 2. The predicted octanol–water partition coefficient (Wildman–Crippen LogP) is 2.35.